The van der Waals surface area contributed by atoms with Crippen molar-refractivity contribution in [2.75, 3.05) is 19.8 Å². The standard InChI is InChI=1S/C15H25NO2/c1-2-3-4-5-6-7-8-15(17)16-13-14-9-11-18-12-10-14/h3-4,7-8,14H,2,5-6,9-13H2,1H3,(H,16,17)/b4-3+,8-7+. The molecule has 0 aromatic carbocycles. The molecule has 0 aromatic rings. The first-order valence-corrected chi connectivity index (χ1v) is 7.00. The molecule has 0 aliphatic carbocycles. The Labute approximate surface area is 110 Å². The van der Waals surface area contributed by atoms with E-state index in [2.05, 4.69) is 24.4 Å². The van der Waals surface area contributed by atoms with Crippen LogP contribution in [-0.2, 0) is 9.53 Å². The van der Waals surface area contributed by atoms with Crippen LogP contribution in [0.3, 0.4) is 0 Å². The van der Waals surface area contributed by atoms with Crippen molar-refractivity contribution in [1.82, 2.24) is 5.32 Å². The third-order valence-electron chi connectivity index (χ3n) is 3.08. The van der Waals surface area contributed by atoms with Gasteiger partial charge >= 0.3 is 0 Å². The van der Waals surface area contributed by atoms with Gasteiger partial charge < -0.3 is 10.1 Å². The predicted octanol–water partition coefficient (Wildman–Crippen LogP) is 2.83. The normalized spacial score (nSPS) is 17.6. The summed E-state index contributed by atoms with van der Waals surface area (Å²) in [7, 11) is 0. The number of carbonyl (C=O) groups is 1. The fraction of sp³-hybridized carbons (Fsp3) is 0.667. The van der Waals surface area contributed by atoms with Gasteiger partial charge in [0.2, 0.25) is 5.91 Å². The molecule has 1 amide bonds. The third kappa shape index (κ3) is 7.28. The van der Waals surface area contributed by atoms with Crippen molar-refractivity contribution in [2.45, 2.75) is 39.0 Å². The second-order valence-electron chi connectivity index (χ2n) is 4.66. The second kappa shape index (κ2) is 9.89. The van der Waals surface area contributed by atoms with E-state index in [4.69, 9.17) is 4.74 Å². The van der Waals surface area contributed by atoms with Crippen LogP contribution in [0.4, 0.5) is 0 Å². The van der Waals surface area contributed by atoms with E-state index in [0.717, 1.165) is 51.9 Å². The Balaban J connectivity index is 2.05. The molecule has 1 fully saturated rings. The molecule has 0 spiro atoms. The minimum Gasteiger partial charge on any atom is -0.381 e. The van der Waals surface area contributed by atoms with E-state index in [1.165, 1.54) is 0 Å². The van der Waals surface area contributed by atoms with Gasteiger partial charge in [0, 0.05) is 19.8 Å². The van der Waals surface area contributed by atoms with Crippen LogP contribution in [0.1, 0.15) is 39.0 Å². The van der Waals surface area contributed by atoms with E-state index in [0.29, 0.717) is 5.92 Å². The molecule has 1 rings (SSSR count). The Bertz CT molecular complexity index is 278. The van der Waals surface area contributed by atoms with Crippen LogP contribution in [0.15, 0.2) is 24.3 Å². The lowest BCUT2D eigenvalue weighted by molar-refractivity contribution is -0.116. The third-order valence-corrected chi connectivity index (χ3v) is 3.08. The van der Waals surface area contributed by atoms with Gasteiger partial charge in [0.25, 0.3) is 0 Å². The summed E-state index contributed by atoms with van der Waals surface area (Å²) in [5.74, 6) is 0.615. The molecule has 0 bridgehead atoms. The van der Waals surface area contributed by atoms with Crippen molar-refractivity contribution in [3.63, 3.8) is 0 Å². The van der Waals surface area contributed by atoms with Gasteiger partial charge in [-0.25, -0.2) is 0 Å². The average Bonchev–Trinajstić information content (AvgIpc) is 2.41. The van der Waals surface area contributed by atoms with Crippen LogP contribution in [0.5, 0.6) is 0 Å². The lowest BCUT2D eigenvalue weighted by Gasteiger charge is -2.21. The molecule has 0 aromatic heterocycles. The molecule has 1 heterocycles. The van der Waals surface area contributed by atoms with E-state index >= 15 is 0 Å². The van der Waals surface area contributed by atoms with Crippen molar-refractivity contribution < 1.29 is 9.53 Å². The lowest BCUT2D eigenvalue weighted by Crippen LogP contribution is -2.31. The maximum atomic E-state index is 11.5. The average molecular weight is 251 g/mol. The van der Waals surface area contributed by atoms with Gasteiger partial charge in [-0.3, -0.25) is 4.79 Å². The highest BCUT2D eigenvalue weighted by Crippen LogP contribution is 2.12. The summed E-state index contributed by atoms with van der Waals surface area (Å²) in [5.41, 5.74) is 0. The summed E-state index contributed by atoms with van der Waals surface area (Å²) >= 11 is 0. The van der Waals surface area contributed by atoms with E-state index in [1.54, 1.807) is 6.08 Å². The fourth-order valence-corrected chi connectivity index (χ4v) is 1.92. The summed E-state index contributed by atoms with van der Waals surface area (Å²) in [6.45, 7) is 4.57. The number of hydrogen-bond acceptors (Lipinski definition) is 2. The molecule has 102 valence electrons. The molecule has 1 N–H and O–H groups in total. The topological polar surface area (TPSA) is 38.3 Å². The molecular weight excluding hydrogens is 226 g/mol. The van der Waals surface area contributed by atoms with E-state index < -0.39 is 0 Å². The Hall–Kier alpha value is -1.09. The highest BCUT2D eigenvalue weighted by atomic mass is 16.5. The highest BCUT2D eigenvalue weighted by Gasteiger charge is 2.13. The van der Waals surface area contributed by atoms with Gasteiger partial charge in [-0.2, -0.15) is 0 Å². The summed E-state index contributed by atoms with van der Waals surface area (Å²) < 4.78 is 5.29. The molecule has 3 heteroatoms. The largest absolute Gasteiger partial charge is 0.381 e. The molecule has 18 heavy (non-hydrogen) atoms. The van der Waals surface area contributed by atoms with Crippen LogP contribution in [0.25, 0.3) is 0 Å². The molecule has 0 radical (unpaired) electrons. The number of unbranched alkanes of at least 4 members (excludes halogenated alkanes) is 1. The highest BCUT2D eigenvalue weighted by molar-refractivity contribution is 5.87. The fourth-order valence-electron chi connectivity index (χ4n) is 1.92. The van der Waals surface area contributed by atoms with Gasteiger partial charge in [0.15, 0.2) is 0 Å². The number of carbonyl (C=O) groups excluding carboxylic acids is 1. The number of allylic oxidation sites excluding steroid dienone is 3. The van der Waals surface area contributed by atoms with Crippen molar-refractivity contribution in [3.8, 4) is 0 Å². The Morgan fingerprint density at radius 3 is 2.67 bits per heavy atom. The summed E-state index contributed by atoms with van der Waals surface area (Å²) in [5, 5.41) is 2.96. The van der Waals surface area contributed by atoms with E-state index in [9.17, 15) is 4.79 Å². The van der Waals surface area contributed by atoms with Crippen LogP contribution in [0, 0.1) is 5.92 Å². The van der Waals surface area contributed by atoms with Crippen LogP contribution < -0.4 is 5.32 Å². The summed E-state index contributed by atoms with van der Waals surface area (Å²) in [4.78, 5) is 11.5. The second-order valence-corrected chi connectivity index (χ2v) is 4.66. The molecule has 0 atom stereocenters. The van der Waals surface area contributed by atoms with Crippen molar-refractivity contribution in [2.24, 2.45) is 5.92 Å². The quantitative estimate of drug-likeness (QED) is 0.429. The molecule has 3 nitrogen and oxygen atoms in total. The lowest BCUT2D eigenvalue weighted by atomic mass is 10.0. The predicted molar refractivity (Wildman–Crippen MR) is 74.4 cm³/mol. The van der Waals surface area contributed by atoms with Crippen molar-refractivity contribution in [3.05, 3.63) is 24.3 Å². The van der Waals surface area contributed by atoms with Crippen LogP contribution >= 0.6 is 0 Å². The van der Waals surface area contributed by atoms with E-state index in [1.807, 2.05) is 6.08 Å². The van der Waals surface area contributed by atoms with Gasteiger partial charge in [-0.15, -0.1) is 0 Å². The van der Waals surface area contributed by atoms with Crippen LogP contribution in [-0.4, -0.2) is 25.7 Å². The maximum absolute atomic E-state index is 11.5. The minimum absolute atomic E-state index is 0.0287. The van der Waals surface area contributed by atoms with E-state index in [-0.39, 0.29) is 5.91 Å². The van der Waals surface area contributed by atoms with Crippen LogP contribution in [0.2, 0.25) is 0 Å². The maximum Gasteiger partial charge on any atom is 0.243 e. The number of nitrogens with one attached hydrogen (secondary N) is 1. The van der Waals surface area contributed by atoms with Gasteiger partial charge in [-0.1, -0.05) is 25.2 Å². The molecule has 1 saturated heterocycles. The summed E-state index contributed by atoms with van der Waals surface area (Å²) in [6, 6.07) is 0. The van der Waals surface area contributed by atoms with Gasteiger partial charge in [0.1, 0.15) is 0 Å². The first-order valence-electron chi connectivity index (χ1n) is 7.00. The zero-order chi connectivity index (χ0) is 13.1. The summed E-state index contributed by atoms with van der Waals surface area (Å²) in [6.07, 6.45) is 13.0. The number of hydrogen-bond donors (Lipinski definition) is 1. The van der Waals surface area contributed by atoms with Gasteiger partial charge in [-0.05, 0) is 44.1 Å². The van der Waals surface area contributed by atoms with Gasteiger partial charge in [0.05, 0.1) is 0 Å². The number of rotatable bonds is 7. The number of amides is 1. The van der Waals surface area contributed by atoms with Crippen molar-refractivity contribution in [1.29, 1.82) is 0 Å². The Morgan fingerprint density at radius 2 is 1.94 bits per heavy atom. The minimum atomic E-state index is 0.0287. The first-order chi connectivity index (χ1) is 8.83. The smallest absolute Gasteiger partial charge is 0.243 e. The molecule has 0 saturated carbocycles. The molecular formula is C15H25NO2. The first kappa shape index (κ1) is 15.0. The zero-order valence-corrected chi connectivity index (χ0v) is 11.4. The Kier molecular flexibility index (Phi) is 8.23. The SMILES string of the molecule is CC/C=C/CC/C=C/C(=O)NCC1CCOCC1. The zero-order valence-electron chi connectivity index (χ0n) is 11.4. The molecule has 0 unspecified atom stereocenters. The van der Waals surface area contributed by atoms with Crippen molar-refractivity contribution >= 4 is 5.91 Å². The molecule has 1 aliphatic heterocycles. The number of ether oxygens (including phenoxy) is 1. The monoisotopic (exact) mass is 251 g/mol. The Morgan fingerprint density at radius 1 is 1.22 bits per heavy atom. The molecule has 1 aliphatic rings.